The summed E-state index contributed by atoms with van der Waals surface area (Å²) in [5.74, 6) is 9.42. The first-order valence-electron chi connectivity index (χ1n) is 8.81. The van der Waals surface area contributed by atoms with Crippen LogP contribution in [0.2, 0.25) is 0 Å². The number of aromatic nitrogens is 4. The van der Waals surface area contributed by atoms with Crippen molar-refractivity contribution in [3.8, 4) is 28.5 Å². The fourth-order valence-corrected chi connectivity index (χ4v) is 3.39. The molecule has 4 rings (SSSR count). The number of nitrogen functional groups attached to an aromatic ring is 1. The van der Waals surface area contributed by atoms with Gasteiger partial charge < -0.3 is 15.0 Å². The molecule has 0 atom stereocenters. The second-order valence-corrected chi connectivity index (χ2v) is 6.85. The molecular weight excluding hydrogens is 374 g/mol. The van der Waals surface area contributed by atoms with E-state index in [0.717, 1.165) is 22.6 Å². The number of ether oxygens (including phenoxy) is 1. The first-order chi connectivity index (χ1) is 13.7. The molecule has 2 heterocycles. The minimum atomic E-state index is 0.505. The van der Waals surface area contributed by atoms with Crippen molar-refractivity contribution >= 4 is 11.8 Å². The van der Waals surface area contributed by atoms with E-state index in [0.29, 0.717) is 29.2 Å². The molecule has 0 fully saturated rings. The van der Waals surface area contributed by atoms with Crippen LogP contribution in [0.1, 0.15) is 12.8 Å². The Bertz CT molecular complexity index is 1040. The molecule has 0 saturated carbocycles. The van der Waals surface area contributed by atoms with Crippen molar-refractivity contribution in [2.75, 3.05) is 12.4 Å². The topological polar surface area (TPSA) is 92.0 Å². The van der Waals surface area contributed by atoms with Gasteiger partial charge in [-0.1, -0.05) is 42.1 Å². The van der Waals surface area contributed by atoms with Gasteiger partial charge in [0, 0.05) is 11.1 Å². The molecule has 8 heteroatoms. The minimum Gasteiger partial charge on any atom is -0.494 e. The van der Waals surface area contributed by atoms with Gasteiger partial charge in [-0.3, -0.25) is 0 Å². The van der Waals surface area contributed by atoms with Crippen LogP contribution < -0.4 is 10.6 Å². The number of oxazole rings is 1. The molecule has 28 heavy (non-hydrogen) atoms. The molecule has 2 N–H and O–H groups in total. The summed E-state index contributed by atoms with van der Waals surface area (Å²) in [5.41, 5.74) is 1.86. The average Bonchev–Trinajstić information content (AvgIpc) is 3.35. The highest BCUT2D eigenvalue weighted by Gasteiger charge is 2.14. The zero-order valence-electron chi connectivity index (χ0n) is 15.3. The lowest BCUT2D eigenvalue weighted by Crippen LogP contribution is -2.11. The van der Waals surface area contributed by atoms with Gasteiger partial charge in [-0.2, -0.15) is 0 Å². The zero-order valence-corrected chi connectivity index (χ0v) is 16.1. The Kier molecular flexibility index (Phi) is 5.29. The van der Waals surface area contributed by atoms with Gasteiger partial charge in [0.1, 0.15) is 5.75 Å². The Morgan fingerprint density at radius 1 is 1.04 bits per heavy atom. The normalized spacial score (nSPS) is 10.9. The first-order valence-corrected chi connectivity index (χ1v) is 9.80. The average molecular weight is 393 g/mol. The van der Waals surface area contributed by atoms with Gasteiger partial charge in [-0.15, -0.1) is 10.2 Å². The molecule has 0 unspecified atom stereocenters. The van der Waals surface area contributed by atoms with E-state index in [1.165, 1.54) is 16.4 Å². The van der Waals surface area contributed by atoms with Crippen LogP contribution in [-0.4, -0.2) is 26.5 Å². The van der Waals surface area contributed by atoms with Crippen LogP contribution in [0, 0.1) is 0 Å². The Morgan fingerprint density at radius 3 is 2.57 bits per heavy atom. The predicted molar refractivity (Wildman–Crippen MR) is 108 cm³/mol. The summed E-state index contributed by atoms with van der Waals surface area (Å²) in [7, 11) is 0. The summed E-state index contributed by atoms with van der Waals surface area (Å²) < 4.78 is 12.7. The van der Waals surface area contributed by atoms with Crippen LogP contribution in [0.3, 0.4) is 0 Å². The highest BCUT2D eigenvalue weighted by molar-refractivity contribution is 7.98. The second-order valence-electron chi connectivity index (χ2n) is 5.91. The second kappa shape index (κ2) is 8.18. The molecule has 0 spiro atoms. The number of hydrogen-bond acceptors (Lipinski definition) is 7. The number of hydrogen-bond donors (Lipinski definition) is 1. The number of nitrogens with two attached hydrogens (primary N) is 1. The highest BCUT2D eigenvalue weighted by Crippen LogP contribution is 2.27. The van der Waals surface area contributed by atoms with Gasteiger partial charge in [-0.05, 0) is 31.2 Å². The quantitative estimate of drug-likeness (QED) is 0.375. The molecule has 0 saturated heterocycles. The molecule has 0 bridgehead atoms. The summed E-state index contributed by atoms with van der Waals surface area (Å²) in [6.45, 7) is 2.57. The number of rotatable bonds is 7. The van der Waals surface area contributed by atoms with E-state index < -0.39 is 0 Å². The van der Waals surface area contributed by atoms with E-state index in [1.807, 2.05) is 61.5 Å². The van der Waals surface area contributed by atoms with Crippen molar-refractivity contribution in [2.45, 2.75) is 17.8 Å². The standard InChI is InChI=1S/C20H19N5O2S/c1-2-26-16-10-8-15(9-11-16)19-23-24-20(25(19)21)28-13-18-22-12-17(27-18)14-6-4-3-5-7-14/h3-12H,2,13,21H2,1H3. The SMILES string of the molecule is CCOc1ccc(-c2nnc(SCc3ncc(-c4ccccc4)o3)n2N)cc1. The van der Waals surface area contributed by atoms with Crippen LogP contribution >= 0.6 is 11.8 Å². The number of benzene rings is 2. The third-order valence-corrected chi connectivity index (χ3v) is 4.95. The molecule has 142 valence electrons. The fourth-order valence-electron chi connectivity index (χ4n) is 2.68. The largest absolute Gasteiger partial charge is 0.494 e. The van der Waals surface area contributed by atoms with Crippen LogP contribution in [0.5, 0.6) is 5.75 Å². The van der Waals surface area contributed by atoms with E-state index in [9.17, 15) is 0 Å². The van der Waals surface area contributed by atoms with Crippen LogP contribution in [0.15, 0.2) is 70.4 Å². The van der Waals surface area contributed by atoms with E-state index >= 15 is 0 Å². The molecule has 0 radical (unpaired) electrons. The van der Waals surface area contributed by atoms with E-state index in [-0.39, 0.29) is 0 Å². The summed E-state index contributed by atoms with van der Waals surface area (Å²) in [6.07, 6.45) is 1.73. The summed E-state index contributed by atoms with van der Waals surface area (Å²) in [4.78, 5) is 4.33. The summed E-state index contributed by atoms with van der Waals surface area (Å²) in [6, 6.07) is 17.5. The van der Waals surface area contributed by atoms with Crippen molar-refractivity contribution in [2.24, 2.45) is 0 Å². The minimum absolute atomic E-state index is 0.505. The van der Waals surface area contributed by atoms with Crippen molar-refractivity contribution in [3.05, 3.63) is 66.7 Å². The van der Waals surface area contributed by atoms with Gasteiger partial charge >= 0.3 is 0 Å². The molecule has 0 aliphatic heterocycles. The molecule has 0 amide bonds. The van der Waals surface area contributed by atoms with Crippen LogP contribution in [0.4, 0.5) is 0 Å². The monoisotopic (exact) mass is 393 g/mol. The third-order valence-electron chi connectivity index (χ3n) is 4.02. The maximum atomic E-state index is 6.18. The predicted octanol–water partition coefficient (Wildman–Crippen LogP) is 4.00. The molecule has 7 nitrogen and oxygen atoms in total. The van der Waals surface area contributed by atoms with Crippen molar-refractivity contribution < 1.29 is 9.15 Å². The molecule has 4 aromatic rings. The number of thioether (sulfide) groups is 1. The van der Waals surface area contributed by atoms with Crippen LogP contribution in [-0.2, 0) is 5.75 Å². The Balaban J connectivity index is 1.44. The summed E-state index contributed by atoms with van der Waals surface area (Å²) >= 11 is 1.42. The fraction of sp³-hybridized carbons (Fsp3) is 0.150. The number of nitrogens with zero attached hydrogens (tertiary/aromatic N) is 4. The van der Waals surface area contributed by atoms with Gasteiger partial charge in [0.25, 0.3) is 0 Å². The van der Waals surface area contributed by atoms with Crippen molar-refractivity contribution in [1.29, 1.82) is 0 Å². The van der Waals surface area contributed by atoms with Gasteiger partial charge in [0.05, 0.1) is 18.6 Å². The maximum Gasteiger partial charge on any atom is 0.210 e. The Labute approximate surface area is 166 Å². The van der Waals surface area contributed by atoms with Gasteiger partial charge in [-0.25, -0.2) is 9.66 Å². The molecule has 2 aromatic heterocycles. The maximum absolute atomic E-state index is 6.18. The molecular formula is C20H19N5O2S. The Morgan fingerprint density at radius 2 is 1.82 bits per heavy atom. The molecule has 2 aromatic carbocycles. The van der Waals surface area contributed by atoms with Crippen LogP contribution in [0.25, 0.3) is 22.7 Å². The lowest BCUT2D eigenvalue weighted by atomic mass is 10.2. The van der Waals surface area contributed by atoms with Crippen molar-refractivity contribution in [1.82, 2.24) is 19.9 Å². The van der Waals surface area contributed by atoms with E-state index in [4.69, 9.17) is 15.0 Å². The molecule has 0 aliphatic rings. The first kappa shape index (κ1) is 18.1. The lowest BCUT2D eigenvalue weighted by Gasteiger charge is -2.05. The van der Waals surface area contributed by atoms with Gasteiger partial charge in [0.15, 0.2) is 11.6 Å². The Hall–Kier alpha value is -3.26. The zero-order chi connectivity index (χ0) is 19.3. The summed E-state index contributed by atoms with van der Waals surface area (Å²) in [5, 5.41) is 8.97. The third kappa shape index (κ3) is 3.86. The highest BCUT2D eigenvalue weighted by atomic mass is 32.2. The van der Waals surface area contributed by atoms with Gasteiger partial charge in [0.2, 0.25) is 11.0 Å². The van der Waals surface area contributed by atoms with E-state index in [1.54, 1.807) is 6.20 Å². The van der Waals surface area contributed by atoms with Crippen molar-refractivity contribution in [3.63, 3.8) is 0 Å². The lowest BCUT2D eigenvalue weighted by molar-refractivity contribution is 0.340. The van der Waals surface area contributed by atoms with E-state index in [2.05, 4.69) is 15.2 Å². The molecule has 0 aliphatic carbocycles. The smallest absolute Gasteiger partial charge is 0.210 e.